The number of rotatable bonds is 7. The molecule has 12 nitrogen and oxygen atoms in total. The van der Waals surface area contributed by atoms with Crippen molar-refractivity contribution in [2.45, 2.75) is 16.7 Å². The molecule has 0 atom stereocenters. The normalized spacial score (nSPS) is 13.1. The van der Waals surface area contributed by atoms with E-state index < -0.39 is 25.8 Å². The largest absolute Gasteiger partial charge is 0.491 e. The average Bonchev–Trinajstić information content (AvgIpc) is 3.49. The number of hydrogen-bond acceptors (Lipinski definition) is 11. The van der Waals surface area contributed by atoms with E-state index in [1.807, 2.05) is 0 Å². The Balaban J connectivity index is 1.74. The number of carbonyl (C=O) groups is 1. The van der Waals surface area contributed by atoms with Crippen LogP contribution >= 0.6 is 22.9 Å². The number of benzene rings is 1. The van der Waals surface area contributed by atoms with Gasteiger partial charge in [-0.3, -0.25) is 4.79 Å². The summed E-state index contributed by atoms with van der Waals surface area (Å²) in [6.07, 6.45) is 0.938. The predicted molar refractivity (Wildman–Crippen MR) is 122 cm³/mol. The number of fused-ring (bicyclic) bond motifs is 1. The fourth-order valence-corrected chi connectivity index (χ4v) is 6.37. The van der Waals surface area contributed by atoms with Gasteiger partial charge in [-0.1, -0.05) is 16.8 Å². The van der Waals surface area contributed by atoms with Crippen LogP contribution in [0.1, 0.15) is 15.4 Å². The van der Waals surface area contributed by atoms with Crippen molar-refractivity contribution in [3.05, 3.63) is 33.1 Å². The minimum atomic E-state index is -4.32. The van der Waals surface area contributed by atoms with Crippen LogP contribution in [-0.4, -0.2) is 48.1 Å². The minimum Gasteiger partial charge on any atom is -0.491 e. The molecule has 4 rings (SSSR count). The topological polar surface area (TPSA) is 163 Å². The van der Waals surface area contributed by atoms with Gasteiger partial charge in [-0.05, 0) is 18.4 Å². The van der Waals surface area contributed by atoms with Crippen molar-refractivity contribution in [2.24, 2.45) is 0 Å². The Morgan fingerprint density at radius 1 is 1.24 bits per heavy atom. The van der Waals surface area contributed by atoms with Gasteiger partial charge in [0.2, 0.25) is 12.5 Å². The van der Waals surface area contributed by atoms with Crippen LogP contribution in [0, 0.1) is 6.92 Å². The van der Waals surface area contributed by atoms with Crippen molar-refractivity contribution in [1.29, 1.82) is 0 Å². The summed E-state index contributed by atoms with van der Waals surface area (Å²) < 4.78 is 73.6. The number of ether oxygens (including phenoxy) is 3. The highest BCUT2D eigenvalue weighted by atomic mass is 35.5. The number of aromatic nitrogens is 1. The second-order valence-electron chi connectivity index (χ2n) is 6.87. The molecule has 1 aliphatic rings. The molecule has 0 saturated heterocycles. The number of nitrogens with zero attached hydrogens (tertiary/aromatic N) is 1. The van der Waals surface area contributed by atoms with Crippen LogP contribution < -0.4 is 24.2 Å². The number of aryl methyl sites for hydroxylation is 1. The third-order valence-electron chi connectivity index (χ3n) is 4.57. The molecular weight excluding hydrogens is 534 g/mol. The lowest BCUT2D eigenvalue weighted by Crippen LogP contribution is -2.19. The number of halogens is 1. The molecule has 2 N–H and O–H groups in total. The van der Waals surface area contributed by atoms with Gasteiger partial charge < -0.3 is 24.1 Å². The molecule has 3 aromatic rings. The van der Waals surface area contributed by atoms with Gasteiger partial charge in [0.15, 0.2) is 21.3 Å². The monoisotopic (exact) mass is 549 g/mol. The van der Waals surface area contributed by atoms with Crippen LogP contribution in [0.25, 0.3) is 0 Å². The Morgan fingerprint density at radius 2 is 1.97 bits per heavy atom. The minimum absolute atomic E-state index is 0.0345. The molecule has 182 valence electrons. The number of sulfonamides is 1. The first-order chi connectivity index (χ1) is 15.9. The summed E-state index contributed by atoms with van der Waals surface area (Å²) in [5.41, 5.74) is 0.0451. The maximum Gasteiger partial charge on any atom is 0.267 e. The van der Waals surface area contributed by atoms with E-state index in [-0.39, 0.29) is 61.0 Å². The van der Waals surface area contributed by atoms with Crippen molar-refractivity contribution in [2.75, 3.05) is 30.2 Å². The molecule has 0 bridgehead atoms. The molecule has 0 fully saturated rings. The molecule has 0 aliphatic carbocycles. The van der Waals surface area contributed by atoms with E-state index in [2.05, 4.69) is 15.2 Å². The SMILES string of the molecule is COc1c(NC(=O)c2sccc2S(=O)(=O)Nc2onc(C)c2Cl)c(S(C)(=O)=O)cc2c1OCO2. The molecule has 1 aromatic carbocycles. The molecule has 34 heavy (non-hydrogen) atoms. The lowest BCUT2D eigenvalue weighted by molar-refractivity contribution is 0.102. The fraction of sp³-hybridized carbons (Fsp3) is 0.222. The second-order valence-corrected chi connectivity index (χ2v) is 11.8. The molecule has 0 radical (unpaired) electrons. The highest BCUT2D eigenvalue weighted by Crippen LogP contribution is 2.49. The zero-order valence-corrected chi connectivity index (χ0v) is 20.9. The van der Waals surface area contributed by atoms with Gasteiger partial charge >= 0.3 is 0 Å². The highest BCUT2D eigenvalue weighted by molar-refractivity contribution is 7.93. The van der Waals surface area contributed by atoms with Crippen molar-refractivity contribution in [3.8, 4) is 17.2 Å². The number of hydrogen-bond donors (Lipinski definition) is 2. The summed E-state index contributed by atoms with van der Waals surface area (Å²) in [7, 11) is -6.94. The van der Waals surface area contributed by atoms with E-state index in [1.54, 1.807) is 0 Å². The van der Waals surface area contributed by atoms with E-state index in [0.717, 1.165) is 17.6 Å². The molecule has 2 aromatic heterocycles. The summed E-state index contributed by atoms with van der Waals surface area (Å²) in [6, 6.07) is 2.39. The van der Waals surface area contributed by atoms with E-state index >= 15 is 0 Å². The maximum atomic E-state index is 13.1. The quantitative estimate of drug-likeness (QED) is 0.448. The summed E-state index contributed by atoms with van der Waals surface area (Å²) in [5, 5.41) is 7.36. The van der Waals surface area contributed by atoms with Gasteiger partial charge in [0.25, 0.3) is 21.8 Å². The Morgan fingerprint density at radius 3 is 2.59 bits per heavy atom. The first kappa shape index (κ1) is 24.1. The number of sulfone groups is 1. The number of amides is 1. The number of nitrogens with one attached hydrogen (secondary N) is 2. The van der Waals surface area contributed by atoms with Crippen LogP contribution in [0.4, 0.5) is 11.6 Å². The maximum absolute atomic E-state index is 13.1. The van der Waals surface area contributed by atoms with Gasteiger partial charge in [-0.2, -0.15) is 0 Å². The third-order valence-corrected chi connectivity index (χ3v) is 8.55. The van der Waals surface area contributed by atoms with Crippen molar-refractivity contribution in [1.82, 2.24) is 5.16 Å². The summed E-state index contributed by atoms with van der Waals surface area (Å²) in [4.78, 5) is 12.2. The second kappa shape index (κ2) is 8.65. The van der Waals surface area contributed by atoms with Crippen LogP contribution in [0.5, 0.6) is 17.2 Å². The molecule has 0 saturated carbocycles. The zero-order valence-electron chi connectivity index (χ0n) is 17.7. The Labute approximate surface area is 202 Å². The highest BCUT2D eigenvalue weighted by Gasteiger charge is 2.32. The first-order valence-corrected chi connectivity index (χ1v) is 13.8. The number of carbonyl (C=O) groups excluding carboxylic acids is 1. The predicted octanol–water partition coefficient (Wildman–Crippen LogP) is 2.89. The molecule has 0 spiro atoms. The van der Waals surface area contributed by atoms with E-state index in [9.17, 15) is 21.6 Å². The van der Waals surface area contributed by atoms with Crippen molar-refractivity contribution >= 4 is 60.3 Å². The number of anilines is 2. The smallest absolute Gasteiger partial charge is 0.267 e. The van der Waals surface area contributed by atoms with Crippen molar-refractivity contribution < 1.29 is 40.4 Å². The van der Waals surface area contributed by atoms with Gasteiger partial charge in [0.1, 0.15) is 26.2 Å². The first-order valence-electron chi connectivity index (χ1n) is 9.18. The van der Waals surface area contributed by atoms with Crippen molar-refractivity contribution in [3.63, 3.8) is 0 Å². The molecule has 0 unspecified atom stereocenters. The van der Waals surface area contributed by atoms with Crippen LogP contribution in [0.15, 0.2) is 31.8 Å². The molecular formula is C18H16ClN3O9S3. The summed E-state index contributed by atoms with van der Waals surface area (Å²) >= 11 is 6.79. The van der Waals surface area contributed by atoms with Gasteiger partial charge in [0.05, 0.1) is 12.0 Å². The van der Waals surface area contributed by atoms with E-state index in [1.165, 1.54) is 31.5 Å². The molecule has 1 amide bonds. The van der Waals surface area contributed by atoms with Crippen LogP contribution in [0.3, 0.4) is 0 Å². The summed E-state index contributed by atoms with van der Waals surface area (Å²) in [6.45, 7) is 1.35. The lowest BCUT2D eigenvalue weighted by atomic mass is 10.2. The number of methoxy groups -OCH3 is 1. The van der Waals surface area contributed by atoms with Gasteiger partial charge in [-0.25, -0.2) is 21.6 Å². The Bertz CT molecular complexity index is 1510. The zero-order chi connectivity index (χ0) is 24.8. The molecule has 1 aliphatic heterocycles. The summed E-state index contributed by atoms with van der Waals surface area (Å²) in [5.74, 6) is -1.09. The van der Waals surface area contributed by atoms with E-state index in [0.29, 0.717) is 0 Å². The Hall–Kier alpha value is -3.01. The molecule has 3 heterocycles. The van der Waals surface area contributed by atoms with Crippen LogP contribution in [-0.2, 0) is 19.9 Å². The fourth-order valence-electron chi connectivity index (χ4n) is 3.04. The van der Waals surface area contributed by atoms with E-state index in [4.69, 9.17) is 30.3 Å². The molecule has 16 heteroatoms. The average molecular weight is 550 g/mol. The van der Waals surface area contributed by atoms with Gasteiger partial charge in [0, 0.05) is 12.3 Å². The Kier molecular flexibility index (Phi) is 6.14. The standard InChI is InChI=1S/C18H16ClN3O9S3/c1-8-12(19)18(31-21-8)22-34(26,27)10-4-5-32-16(10)17(23)20-13-11(33(3,24)25)6-9-14(15(13)28-2)30-7-29-9/h4-6,22H,7H2,1-3H3,(H,20,23). The lowest BCUT2D eigenvalue weighted by Gasteiger charge is -2.16. The van der Waals surface area contributed by atoms with Crippen LogP contribution in [0.2, 0.25) is 5.02 Å². The van der Waals surface area contributed by atoms with Gasteiger partial charge in [-0.15, -0.1) is 11.3 Å². The third kappa shape index (κ3) is 4.26. The number of thiophene rings is 1.